The molecule has 1 heterocycles. The third-order valence-electron chi connectivity index (χ3n) is 19.6. The summed E-state index contributed by atoms with van der Waals surface area (Å²) in [7, 11) is 0. The molecule has 4 bridgehead atoms. The molecular formula is C56H90Br2N4O8S2. The Morgan fingerprint density at radius 3 is 1.56 bits per heavy atom. The monoisotopic (exact) mass is 1170 g/mol. The number of halogens is 2. The molecule has 15 atom stereocenters. The summed E-state index contributed by atoms with van der Waals surface area (Å²) < 4.78 is 0. The van der Waals surface area contributed by atoms with Crippen molar-refractivity contribution in [1.29, 1.82) is 0 Å². The van der Waals surface area contributed by atoms with E-state index in [0.717, 1.165) is 89.1 Å². The lowest BCUT2D eigenvalue weighted by Crippen LogP contribution is -2.69. The van der Waals surface area contributed by atoms with Gasteiger partial charge < -0.3 is 41.1 Å². The quantitative estimate of drug-likeness (QED) is 0.0779. The number of carbonyl (C=O) groups is 3. The molecule has 16 heteroatoms. The number of thiazole rings is 1. The number of aliphatic hydroxyl groups is 5. The molecule has 12 nitrogen and oxygen atoms in total. The Morgan fingerprint density at radius 1 is 0.722 bits per heavy atom. The van der Waals surface area contributed by atoms with E-state index in [1.807, 2.05) is 30.1 Å². The van der Waals surface area contributed by atoms with Gasteiger partial charge in [0.25, 0.3) is 0 Å². The van der Waals surface area contributed by atoms with Gasteiger partial charge in [-0.2, -0.15) is 0 Å². The number of hydrogen-bond acceptors (Lipinski definition) is 12. The molecule has 0 radical (unpaired) electrons. The largest absolute Gasteiger partial charge is 0.397 e. The van der Waals surface area contributed by atoms with Crippen molar-refractivity contribution in [2.75, 3.05) is 37.7 Å². The van der Waals surface area contributed by atoms with Crippen molar-refractivity contribution in [3.63, 3.8) is 0 Å². The van der Waals surface area contributed by atoms with Gasteiger partial charge in [0, 0.05) is 60.3 Å². The second kappa shape index (κ2) is 22.8. The molecule has 1 unspecified atom stereocenters. The first-order chi connectivity index (χ1) is 33.2. The molecule has 7 fully saturated rings. The van der Waals surface area contributed by atoms with E-state index in [0.29, 0.717) is 35.5 Å². The van der Waals surface area contributed by atoms with E-state index >= 15 is 0 Å². The number of nitrogens with two attached hydrogens (primary N) is 1. The highest BCUT2D eigenvalue weighted by molar-refractivity contribution is 9.10. The van der Waals surface area contributed by atoms with Crippen LogP contribution in [0.4, 0.5) is 5.13 Å². The lowest BCUT2D eigenvalue weighted by atomic mass is 9.39. The van der Waals surface area contributed by atoms with Crippen molar-refractivity contribution in [3.05, 3.63) is 34.9 Å². The molecule has 0 saturated heterocycles. The van der Waals surface area contributed by atoms with Crippen LogP contribution in [0, 0.1) is 62.6 Å². The van der Waals surface area contributed by atoms with Gasteiger partial charge in [-0.15, -0.1) is 28.3 Å². The first-order valence-corrected chi connectivity index (χ1v) is 29.1. The summed E-state index contributed by atoms with van der Waals surface area (Å²) in [6.07, 6.45) is 6.60. The first-order valence-electron chi connectivity index (χ1n) is 27.0. The van der Waals surface area contributed by atoms with Crippen LogP contribution in [0.3, 0.4) is 0 Å². The number of aromatic nitrogens is 1. The standard InChI is InChI=1S/C27H40N2O3S.C20H27BrO4.C7H16N2S.C2H6O.BrH/c1-7-11-29(12-8-2)24-28-21-17(33-24)14-26(6)18-10-9-16-15(3)22(31)27(18,23(16)32)20(30)13-19(26)25(21,4)5;1-9-10-5-6-12-19(4)8-11(21)17(25)18(2,3)13(19)7-14(22)20(12,15(9)23)16(10)24;1-3-5-9(6-4-2)7(8)10;1-2-3;/h16,18-20,23,30,32H,3,7-14H2,1-2,4-6H3;10-14,16,22,24H,1,5-8H2,2-4H3;3-6H2,1-2H3,(H2,8,10);3H,2H2,1H3;1H/t16-,18+,19-,20-,23-,26+,27+;10-,11?,12-,13+,14+,16+,19-,20-;;;/m10.../s1. The number of hydrogen-bond donors (Lipinski definition) is 6. The van der Waals surface area contributed by atoms with E-state index in [1.54, 1.807) is 6.92 Å². The van der Waals surface area contributed by atoms with E-state index in [4.69, 9.17) is 28.0 Å². The molecule has 8 aliphatic carbocycles. The number of rotatable bonds is 9. The number of Topliss-reactive ketones (excluding diaryl/α,β-unsaturated/α-hetero) is 3. The Labute approximate surface area is 459 Å². The minimum Gasteiger partial charge on any atom is -0.397 e. The van der Waals surface area contributed by atoms with E-state index in [1.165, 1.54) is 10.6 Å². The van der Waals surface area contributed by atoms with Gasteiger partial charge in [-0.25, -0.2) is 4.98 Å². The third kappa shape index (κ3) is 9.33. The number of thiocarbonyl (C=S) groups is 1. The zero-order chi connectivity index (χ0) is 53.1. The summed E-state index contributed by atoms with van der Waals surface area (Å²) in [4.78, 5) is 50.3. The molecule has 0 amide bonds. The maximum atomic E-state index is 13.6. The van der Waals surface area contributed by atoms with Crippen molar-refractivity contribution in [3.8, 4) is 0 Å². The molecule has 408 valence electrons. The summed E-state index contributed by atoms with van der Waals surface area (Å²) in [6, 6.07) is 0. The second-order valence-corrected chi connectivity index (χ2v) is 26.7. The predicted molar refractivity (Wildman–Crippen MR) is 302 cm³/mol. The van der Waals surface area contributed by atoms with E-state index < -0.39 is 40.7 Å². The van der Waals surface area contributed by atoms with Gasteiger partial charge in [-0.3, -0.25) is 14.4 Å². The van der Waals surface area contributed by atoms with Gasteiger partial charge in [-0.1, -0.05) is 98.3 Å². The van der Waals surface area contributed by atoms with Crippen LogP contribution in [0.2, 0.25) is 0 Å². The molecule has 9 rings (SSSR count). The lowest BCUT2D eigenvalue weighted by Gasteiger charge is -2.65. The minimum atomic E-state index is -1.13. The number of carbonyl (C=O) groups excluding carboxylic acids is 3. The zero-order valence-electron chi connectivity index (χ0n) is 45.3. The lowest BCUT2D eigenvalue weighted by molar-refractivity contribution is -0.221. The SMILES string of the molecule is Br.C=C1C(=O)[C@@]23[C@H](O)C[C@@H]4C(C)(C)C(=O)C(Br)C[C@@]4(C)[C@@H]2CC[C@@H]1[C@H]3O.C=C1C(=O)[C@@]23[C@H](O)C[C@@H]4C(C)(C)c5nc(N(CCC)CCC)sc5C[C@@]4(C)[C@@H]2CC[C@H]1[C@H]3O.CCCN(CCC)C(N)=S.CCO. The fourth-order valence-corrected chi connectivity index (χ4v) is 19.6. The first kappa shape index (κ1) is 61.2. The van der Waals surface area contributed by atoms with Crippen molar-refractivity contribution in [1.82, 2.24) is 9.88 Å². The van der Waals surface area contributed by atoms with Crippen LogP contribution in [0.25, 0.3) is 0 Å². The number of aliphatic hydroxyl groups excluding tert-OH is 5. The molecule has 1 aromatic heterocycles. The van der Waals surface area contributed by atoms with Crippen LogP contribution < -0.4 is 10.6 Å². The number of alkyl halides is 1. The highest BCUT2D eigenvalue weighted by Crippen LogP contribution is 2.72. The van der Waals surface area contributed by atoms with Crippen molar-refractivity contribution in [2.45, 2.75) is 188 Å². The smallest absolute Gasteiger partial charge is 0.185 e. The topological polar surface area (TPSA) is 198 Å². The van der Waals surface area contributed by atoms with E-state index in [9.17, 15) is 34.8 Å². The number of ketones is 3. The Hall–Kier alpha value is -1.63. The molecule has 0 aromatic carbocycles. The summed E-state index contributed by atoms with van der Waals surface area (Å²) >= 11 is 10.3. The Morgan fingerprint density at radius 2 is 1.14 bits per heavy atom. The maximum Gasteiger partial charge on any atom is 0.185 e. The van der Waals surface area contributed by atoms with Crippen molar-refractivity contribution < 1.29 is 39.9 Å². The average Bonchev–Trinajstić information content (AvgIpc) is 3.80. The number of fused-ring (bicyclic) bond motifs is 7. The summed E-state index contributed by atoms with van der Waals surface area (Å²) in [5.41, 5.74) is 4.24. The Kier molecular flexibility index (Phi) is 19.4. The van der Waals surface area contributed by atoms with Gasteiger partial charge in [0.2, 0.25) is 0 Å². The number of anilines is 1. The summed E-state index contributed by atoms with van der Waals surface area (Å²) in [6.45, 7) is 35.6. The van der Waals surface area contributed by atoms with Crippen molar-refractivity contribution in [2.24, 2.45) is 68.3 Å². The molecule has 1 aromatic rings. The van der Waals surface area contributed by atoms with E-state index in [2.05, 4.69) is 89.4 Å². The van der Waals surface area contributed by atoms with Crippen LogP contribution in [0.5, 0.6) is 0 Å². The van der Waals surface area contributed by atoms with Gasteiger partial charge in [0.1, 0.15) is 0 Å². The second-order valence-electron chi connectivity index (χ2n) is 24.1. The Bertz CT molecular complexity index is 2190. The maximum absolute atomic E-state index is 13.6. The van der Waals surface area contributed by atoms with Gasteiger partial charge in [-0.05, 0) is 142 Å². The van der Waals surface area contributed by atoms with Crippen LogP contribution in [-0.2, 0) is 26.2 Å². The van der Waals surface area contributed by atoms with Crippen LogP contribution >= 0.6 is 56.5 Å². The average molecular weight is 1170 g/mol. The molecule has 72 heavy (non-hydrogen) atoms. The normalized spacial score (nSPS) is 39.1. The summed E-state index contributed by atoms with van der Waals surface area (Å²) in [5, 5.41) is 54.3. The summed E-state index contributed by atoms with van der Waals surface area (Å²) in [5.74, 6) is -0.419. The number of nitrogens with zero attached hydrogens (tertiary/aromatic N) is 3. The molecule has 8 aliphatic rings. The van der Waals surface area contributed by atoms with Crippen LogP contribution in [-0.4, -0.2) is 120 Å². The fraction of sp³-hybridized carbons (Fsp3) is 0.804. The van der Waals surface area contributed by atoms with Gasteiger partial charge in [0.15, 0.2) is 27.6 Å². The molecule has 7 N–H and O–H groups in total. The minimum absolute atomic E-state index is 0. The third-order valence-corrected chi connectivity index (χ3v) is 21.7. The fourth-order valence-electron chi connectivity index (χ4n) is 16.7. The zero-order valence-corrected chi connectivity index (χ0v) is 50.2. The molecular weight excluding hydrogens is 1080 g/mol. The van der Waals surface area contributed by atoms with Crippen molar-refractivity contribution >= 4 is 84.1 Å². The van der Waals surface area contributed by atoms with E-state index in [-0.39, 0.29) is 97.5 Å². The van der Waals surface area contributed by atoms with Gasteiger partial charge >= 0.3 is 0 Å². The van der Waals surface area contributed by atoms with Crippen LogP contribution in [0.15, 0.2) is 24.3 Å². The molecule has 7 saturated carbocycles. The molecule has 0 aliphatic heterocycles. The van der Waals surface area contributed by atoms with Crippen LogP contribution in [0.1, 0.15) is 157 Å². The highest BCUT2D eigenvalue weighted by atomic mass is 79.9. The highest BCUT2D eigenvalue weighted by Gasteiger charge is 2.76. The molecule has 2 spiro atoms. The van der Waals surface area contributed by atoms with Gasteiger partial charge in [0.05, 0.1) is 45.8 Å². The predicted octanol–water partition coefficient (Wildman–Crippen LogP) is 9.08. The Balaban J connectivity index is 0.000000218.